The van der Waals surface area contributed by atoms with E-state index in [2.05, 4.69) is 5.32 Å². The molecule has 4 aromatic rings. The lowest BCUT2D eigenvalue weighted by Gasteiger charge is -2.35. The van der Waals surface area contributed by atoms with E-state index < -0.39 is 28.6 Å². The Balaban J connectivity index is 1.38. The summed E-state index contributed by atoms with van der Waals surface area (Å²) in [6.07, 6.45) is -0.321. The van der Waals surface area contributed by atoms with Gasteiger partial charge in [0.1, 0.15) is 5.75 Å². The molecular formula is C33H32ClN3O5S. The van der Waals surface area contributed by atoms with E-state index in [1.807, 2.05) is 37.3 Å². The normalized spacial score (nSPS) is 14.6. The summed E-state index contributed by atoms with van der Waals surface area (Å²) in [5.74, 6) is -0.477. The third-order valence-corrected chi connectivity index (χ3v) is 9.18. The number of fused-ring (bicyclic) bond motifs is 1. The lowest BCUT2D eigenvalue weighted by Crippen LogP contribution is -2.53. The van der Waals surface area contributed by atoms with Crippen LogP contribution in [0.4, 0.5) is 5.69 Å². The van der Waals surface area contributed by atoms with E-state index in [9.17, 15) is 18.0 Å². The van der Waals surface area contributed by atoms with Crippen LogP contribution in [0, 0.1) is 6.92 Å². The number of hydrogen-bond acceptors (Lipinski definition) is 5. The van der Waals surface area contributed by atoms with Crippen molar-refractivity contribution in [3.63, 3.8) is 0 Å². The van der Waals surface area contributed by atoms with Crippen LogP contribution in [0.25, 0.3) is 0 Å². The molecule has 0 spiro atoms. The van der Waals surface area contributed by atoms with Gasteiger partial charge in [-0.25, -0.2) is 8.42 Å². The summed E-state index contributed by atoms with van der Waals surface area (Å²) in [6, 6.07) is 30.0. The number of sulfonamides is 1. The summed E-state index contributed by atoms with van der Waals surface area (Å²) in [5.41, 5.74) is 3.10. The van der Waals surface area contributed by atoms with Crippen molar-refractivity contribution < 1.29 is 22.7 Å². The molecule has 0 fully saturated rings. The van der Waals surface area contributed by atoms with Crippen molar-refractivity contribution in [1.29, 1.82) is 0 Å². The summed E-state index contributed by atoms with van der Waals surface area (Å²) in [6.45, 7) is 1.67. The highest BCUT2D eigenvalue weighted by Crippen LogP contribution is 2.34. The molecule has 8 nitrogen and oxygen atoms in total. The van der Waals surface area contributed by atoms with Gasteiger partial charge in [0.2, 0.25) is 15.9 Å². The molecule has 43 heavy (non-hydrogen) atoms. The van der Waals surface area contributed by atoms with E-state index in [-0.39, 0.29) is 23.9 Å². The predicted octanol–water partition coefficient (Wildman–Crippen LogP) is 4.99. The fourth-order valence-corrected chi connectivity index (χ4v) is 6.45. The maximum atomic E-state index is 13.9. The molecule has 1 aliphatic rings. The summed E-state index contributed by atoms with van der Waals surface area (Å²) in [7, 11) is -4.08. The number of hydrogen-bond donors (Lipinski definition) is 1. The molecule has 1 atom stereocenters. The number of nitrogens with zero attached hydrogens (tertiary/aromatic N) is 2. The Morgan fingerprint density at radius 2 is 1.63 bits per heavy atom. The molecule has 10 heteroatoms. The Morgan fingerprint density at radius 1 is 0.930 bits per heavy atom. The number of nitrogens with one attached hydrogen (secondary N) is 1. The molecule has 1 N–H and O–H groups in total. The number of halogens is 1. The molecule has 0 saturated carbocycles. The van der Waals surface area contributed by atoms with E-state index in [1.54, 1.807) is 60.7 Å². The van der Waals surface area contributed by atoms with Crippen LogP contribution in [-0.4, -0.2) is 50.3 Å². The molecular weight excluding hydrogens is 586 g/mol. The number of benzene rings is 4. The van der Waals surface area contributed by atoms with Gasteiger partial charge in [-0.1, -0.05) is 83.9 Å². The number of aryl methyl sites for hydroxylation is 1. The molecule has 0 aliphatic carbocycles. The second-order valence-electron chi connectivity index (χ2n) is 10.3. The number of anilines is 1. The highest BCUT2D eigenvalue weighted by Gasteiger charge is 2.36. The molecule has 4 aromatic carbocycles. The maximum absolute atomic E-state index is 13.9. The van der Waals surface area contributed by atoms with Crippen molar-refractivity contribution in [2.45, 2.75) is 30.9 Å². The van der Waals surface area contributed by atoms with Gasteiger partial charge in [-0.15, -0.1) is 0 Å². The number of para-hydroxylation sites is 2. The Kier molecular flexibility index (Phi) is 9.45. The van der Waals surface area contributed by atoms with Crippen LogP contribution >= 0.6 is 11.6 Å². The molecule has 1 aliphatic heterocycles. The Hall–Kier alpha value is -4.18. The number of carbonyl (C=O) groups is 2. The van der Waals surface area contributed by atoms with Crippen LogP contribution in [0.5, 0.6) is 5.75 Å². The molecule has 1 heterocycles. The van der Waals surface area contributed by atoms with Gasteiger partial charge < -0.3 is 15.0 Å². The minimum absolute atomic E-state index is 0.0669. The van der Waals surface area contributed by atoms with E-state index >= 15 is 0 Å². The minimum atomic E-state index is -4.08. The highest BCUT2D eigenvalue weighted by atomic mass is 35.5. The molecule has 0 radical (unpaired) electrons. The Morgan fingerprint density at radius 3 is 2.37 bits per heavy atom. The van der Waals surface area contributed by atoms with Gasteiger partial charge in [-0.3, -0.25) is 9.59 Å². The van der Waals surface area contributed by atoms with Gasteiger partial charge in [0.05, 0.1) is 23.7 Å². The number of amides is 2. The molecule has 222 valence electrons. The molecule has 0 aromatic heterocycles. The first kappa shape index (κ1) is 30.3. The Bertz CT molecular complexity index is 1700. The van der Waals surface area contributed by atoms with Crippen LogP contribution in [-0.2, 0) is 32.6 Å². The largest absolute Gasteiger partial charge is 0.477 e. The topological polar surface area (TPSA) is 96.0 Å². The average Bonchev–Trinajstić information content (AvgIpc) is 3.01. The van der Waals surface area contributed by atoms with Crippen LogP contribution in [0.3, 0.4) is 0 Å². The molecule has 1 unspecified atom stereocenters. The maximum Gasteiger partial charge on any atom is 0.262 e. The van der Waals surface area contributed by atoms with Gasteiger partial charge in [-0.05, 0) is 60.9 Å². The zero-order valence-electron chi connectivity index (χ0n) is 23.6. The first-order valence-corrected chi connectivity index (χ1v) is 15.7. The zero-order valence-corrected chi connectivity index (χ0v) is 25.2. The highest BCUT2D eigenvalue weighted by molar-refractivity contribution is 7.89. The summed E-state index contributed by atoms with van der Waals surface area (Å²) < 4.78 is 34.8. The summed E-state index contributed by atoms with van der Waals surface area (Å²) >= 11 is 6.18. The smallest absolute Gasteiger partial charge is 0.262 e. The SMILES string of the molecule is Cc1ccc(S(=O)(=O)N(CC(=O)N2CC(C(=O)NCCc3ccccc3)Oc3ccccc32)Cc2cccc(Cl)c2)cc1. The van der Waals surface area contributed by atoms with Gasteiger partial charge >= 0.3 is 0 Å². The molecule has 0 saturated heterocycles. The predicted molar refractivity (Wildman–Crippen MR) is 167 cm³/mol. The lowest BCUT2D eigenvalue weighted by atomic mass is 10.1. The van der Waals surface area contributed by atoms with Gasteiger partial charge in [0, 0.05) is 18.1 Å². The van der Waals surface area contributed by atoms with Crippen LogP contribution in [0.1, 0.15) is 16.7 Å². The Labute approximate surface area is 256 Å². The average molecular weight is 618 g/mol. The third-order valence-electron chi connectivity index (χ3n) is 7.14. The number of rotatable bonds is 10. The second kappa shape index (κ2) is 13.4. The first-order chi connectivity index (χ1) is 20.7. The monoisotopic (exact) mass is 617 g/mol. The minimum Gasteiger partial charge on any atom is -0.477 e. The van der Waals surface area contributed by atoms with Crippen LogP contribution in [0.2, 0.25) is 5.02 Å². The number of ether oxygens (including phenoxy) is 1. The van der Waals surface area contributed by atoms with Crippen LogP contribution in [0.15, 0.2) is 108 Å². The fraction of sp³-hybridized carbons (Fsp3) is 0.212. The van der Waals surface area contributed by atoms with Crippen molar-refractivity contribution >= 4 is 39.1 Å². The second-order valence-corrected chi connectivity index (χ2v) is 12.7. The fourth-order valence-electron chi connectivity index (χ4n) is 4.86. The third kappa shape index (κ3) is 7.43. The van der Waals surface area contributed by atoms with Crippen molar-refractivity contribution in [1.82, 2.24) is 9.62 Å². The van der Waals surface area contributed by atoms with Gasteiger partial charge in [0.25, 0.3) is 5.91 Å². The van der Waals surface area contributed by atoms with E-state index in [1.165, 1.54) is 17.0 Å². The van der Waals surface area contributed by atoms with E-state index in [0.717, 1.165) is 15.4 Å². The van der Waals surface area contributed by atoms with Crippen molar-refractivity contribution in [2.75, 3.05) is 24.5 Å². The zero-order chi connectivity index (χ0) is 30.4. The summed E-state index contributed by atoms with van der Waals surface area (Å²) in [4.78, 5) is 28.6. The van der Waals surface area contributed by atoms with Gasteiger partial charge in [-0.2, -0.15) is 4.31 Å². The molecule has 0 bridgehead atoms. The van der Waals surface area contributed by atoms with Crippen molar-refractivity contribution in [3.05, 3.63) is 125 Å². The quantitative estimate of drug-likeness (QED) is 0.270. The first-order valence-electron chi connectivity index (χ1n) is 13.9. The summed E-state index contributed by atoms with van der Waals surface area (Å²) in [5, 5.41) is 3.36. The standard InChI is InChI=1S/C33H32ClN3O5S/c1-24-14-16-28(17-15-24)43(40,41)36(21-26-10-7-11-27(34)20-26)23-32(38)37-22-31(42-30-13-6-5-12-29(30)37)33(39)35-19-18-25-8-3-2-4-9-25/h2-17,20,31H,18-19,21-23H2,1H3,(H,35,39). The molecule has 2 amide bonds. The van der Waals surface area contributed by atoms with Crippen molar-refractivity contribution in [3.8, 4) is 5.75 Å². The van der Waals surface area contributed by atoms with Gasteiger partial charge in [0.15, 0.2) is 6.10 Å². The number of carbonyl (C=O) groups excluding carboxylic acids is 2. The van der Waals surface area contributed by atoms with E-state index in [0.29, 0.717) is 35.0 Å². The van der Waals surface area contributed by atoms with E-state index in [4.69, 9.17) is 16.3 Å². The van der Waals surface area contributed by atoms with Crippen molar-refractivity contribution in [2.24, 2.45) is 0 Å². The van der Waals surface area contributed by atoms with Crippen LogP contribution < -0.4 is 15.0 Å². The molecule has 5 rings (SSSR count). The lowest BCUT2D eigenvalue weighted by molar-refractivity contribution is -0.128.